The molecule has 118 valence electrons. The van der Waals surface area contributed by atoms with Gasteiger partial charge in [-0.15, -0.1) is 0 Å². The van der Waals surface area contributed by atoms with E-state index in [0.717, 1.165) is 33.9 Å². The Kier molecular flexibility index (Phi) is 3.63. The van der Waals surface area contributed by atoms with Gasteiger partial charge in [0.15, 0.2) is 0 Å². The highest BCUT2D eigenvalue weighted by atomic mass is 16.5. The lowest BCUT2D eigenvalue weighted by Gasteiger charge is -2.12. The summed E-state index contributed by atoms with van der Waals surface area (Å²) in [5.74, 6) is 1.52. The maximum absolute atomic E-state index is 5.20. The monoisotopic (exact) mass is 315 g/mol. The molecule has 1 heterocycles. The molecule has 0 spiro atoms. The third kappa shape index (κ3) is 2.70. The summed E-state index contributed by atoms with van der Waals surface area (Å²) >= 11 is 0. The number of benzene rings is 3. The summed E-state index contributed by atoms with van der Waals surface area (Å²) in [5, 5.41) is 6.73. The molecule has 3 aromatic carbocycles. The van der Waals surface area contributed by atoms with Gasteiger partial charge in [0.1, 0.15) is 5.75 Å². The van der Waals surface area contributed by atoms with Gasteiger partial charge in [-0.25, -0.2) is 4.99 Å². The number of methoxy groups -OCH3 is 1. The van der Waals surface area contributed by atoms with Crippen LogP contribution in [0.5, 0.6) is 5.75 Å². The molecule has 0 atom stereocenters. The normalized spacial score (nSPS) is 12.1. The van der Waals surface area contributed by atoms with Crippen LogP contribution in [0.1, 0.15) is 0 Å². The number of fused-ring (bicyclic) bond motifs is 3. The molecule has 0 bridgehead atoms. The molecule has 0 amide bonds. The third-order valence-electron chi connectivity index (χ3n) is 3.96. The Bertz CT molecular complexity index is 901. The predicted octanol–water partition coefficient (Wildman–Crippen LogP) is 4.89. The van der Waals surface area contributed by atoms with E-state index in [0.29, 0.717) is 5.96 Å². The molecule has 1 aliphatic rings. The van der Waals surface area contributed by atoms with Crippen molar-refractivity contribution in [2.24, 2.45) is 4.99 Å². The van der Waals surface area contributed by atoms with Crippen molar-refractivity contribution in [2.75, 3.05) is 17.7 Å². The number of para-hydroxylation sites is 2. The standard InChI is InChI=1S/C20H17N3O/c1-24-15-12-10-14(11-13-15)21-20-22-18-8-4-2-6-16(18)17-7-3-5-9-19(17)23-20/h2-13H,1H3,(H2,21,22,23). The smallest absolute Gasteiger partial charge is 0.205 e. The molecule has 0 fully saturated rings. The predicted molar refractivity (Wildman–Crippen MR) is 99.2 cm³/mol. The first-order valence-corrected chi connectivity index (χ1v) is 7.79. The molecule has 4 nitrogen and oxygen atoms in total. The van der Waals surface area contributed by atoms with Crippen molar-refractivity contribution < 1.29 is 4.74 Å². The summed E-state index contributed by atoms with van der Waals surface area (Å²) in [6, 6.07) is 24.1. The number of nitrogens with one attached hydrogen (secondary N) is 2. The van der Waals surface area contributed by atoms with E-state index in [4.69, 9.17) is 9.73 Å². The molecule has 24 heavy (non-hydrogen) atoms. The fourth-order valence-electron chi connectivity index (χ4n) is 2.77. The van der Waals surface area contributed by atoms with Crippen LogP contribution in [-0.2, 0) is 0 Å². The van der Waals surface area contributed by atoms with Crippen molar-refractivity contribution >= 4 is 23.0 Å². The molecule has 0 saturated heterocycles. The van der Waals surface area contributed by atoms with Crippen LogP contribution in [0.3, 0.4) is 0 Å². The highest BCUT2D eigenvalue weighted by molar-refractivity contribution is 6.09. The highest BCUT2D eigenvalue weighted by Gasteiger charge is 2.15. The fraction of sp³-hybridized carbons (Fsp3) is 0.0500. The molecule has 4 rings (SSSR count). The zero-order valence-electron chi connectivity index (χ0n) is 13.3. The van der Waals surface area contributed by atoms with Gasteiger partial charge in [0.2, 0.25) is 5.96 Å². The van der Waals surface area contributed by atoms with Crippen LogP contribution in [-0.4, -0.2) is 13.1 Å². The van der Waals surface area contributed by atoms with Gasteiger partial charge in [-0.3, -0.25) is 0 Å². The summed E-state index contributed by atoms with van der Waals surface area (Å²) < 4.78 is 5.20. The van der Waals surface area contributed by atoms with Crippen LogP contribution in [0.4, 0.5) is 17.1 Å². The van der Waals surface area contributed by atoms with Crippen LogP contribution in [0.2, 0.25) is 0 Å². The Labute approximate surface area is 140 Å². The Hall–Kier alpha value is -3.27. The first-order valence-electron chi connectivity index (χ1n) is 7.79. The molecular formula is C20H17N3O. The van der Waals surface area contributed by atoms with Crippen LogP contribution in [0, 0.1) is 0 Å². The second-order valence-electron chi connectivity index (χ2n) is 5.50. The zero-order valence-corrected chi connectivity index (χ0v) is 13.3. The lowest BCUT2D eigenvalue weighted by atomic mass is 10.0. The molecule has 0 saturated carbocycles. The SMILES string of the molecule is COc1ccc(NC2=Nc3ccccc3-c3ccccc3N2)cc1. The first kappa shape index (κ1) is 14.3. The summed E-state index contributed by atoms with van der Waals surface area (Å²) in [7, 11) is 1.66. The number of hydrogen-bond acceptors (Lipinski definition) is 4. The summed E-state index contributed by atoms with van der Waals surface area (Å²) in [6.07, 6.45) is 0. The number of anilines is 2. The average Bonchev–Trinajstić information content (AvgIpc) is 2.78. The Balaban J connectivity index is 1.73. The Morgan fingerprint density at radius 2 is 1.54 bits per heavy atom. The van der Waals surface area contributed by atoms with Crippen molar-refractivity contribution in [3.05, 3.63) is 72.8 Å². The number of guanidine groups is 1. The number of ether oxygens (including phenoxy) is 1. The second kappa shape index (κ2) is 6.08. The van der Waals surface area contributed by atoms with Gasteiger partial charge in [-0.1, -0.05) is 36.4 Å². The lowest BCUT2D eigenvalue weighted by Crippen LogP contribution is -2.21. The topological polar surface area (TPSA) is 45.6 Å². The number of hydrogen-bond donors (Lipinski definition) is 2. The lowest BCUT2D eigenvalue weighted by molar-refractivity contribution is 0.415. The molecule has 0 aliphatic carbocycles. The minimum atomic E-state index is 0.692. The molecule has 1 aliphatic heterocycles. The maximum atomic E-state index is 5.20. The number of rotatable bonds is 2. The van der Waals surface area contributed by atoms with Crippen molar-refractivity contribution in [1.29, 1.82) is 0 Å². The van der Waals surface area contributed by atoms with E-state index in [1.807, 2.05) is 54.6 Å². The fourth-order valence-corrected chi connectivity index (χ4v) is 2.77. The molecule has 0 unspecified atom stereocenters. The van der Waals surface area contributed by atoms with Crippen molar-refractivity contribution in [3.8, 4) is 16.9 Å². The van der Waals surface area contributed by atoms with Crippen LogP contribution in [0.25, 0.3) is 11.1 Å². The zero-order chi connectivity index (χ0) is 16.4. The van der Waals surface area contributed by atoms with Gasteiger partial charge >= 0.3 is 0 Å². The quantitative estimate of drug-likeness (QED) is 0.708. The van der Waals surface area contributed by atoms with E-state index in [1.165, 1.54) is 0 Å². The van der Waals surface area contributed by atoms with Gasteiger partial charge in [0, 0.05) is 22.5 Å². The van der Waals surface area contributed by atoms with Crippen molar-refractivity contribution in [1.82, 2.24) is 0 Å². The minimum absolute atomic E-state index is 0.692. The first-order chi connectivity index (χ1) is 11.8. The molecule has 2 N–H and O–H groups in total. The molecular weight excluding hydrogens is 298 g/mol. The number of nitrogens with zero attached hydrogens (tertiary/aromatic N) is 1. The van der Waals surface area contributed by atoms with Gasteiger partial charge < -0.3 is 15.4 Å². The van der Waals surface area contributed by atoms with E-state index in [9.17, 15) is 0 Å². The molecule has 4 heteroatoms. The molecule has 3 aromatic rings. The van der Waals surface area contributed by atoms with Crippen molar-refractivity contribution in [2.45, 2.75) is 0 Å². The maximum Gasteiger partial charge on any atom is 0.205 e. The number of aliphatic imine (C=N–C) groups is 1. The largest absolute Gasteiger partial charge is 0.497 e. The molecule has 0 aromatic heterocycles. The Morgan fingerprint density at radius 1 is 0.833 bits per heavy atom. The van der Waals surface area contributed by atoms with E-state index >= 15 is 0 Å². The average molecular weight is 315 g/mol. The highest BCUT2D eigenvalue weighted by Crippen LogP contribution is 2.37. The summed E-state index contributed by atoms with van der Waals surface area (Å²) in [5.41, 5.74) is 5.17. The van der Waals surface area contributed by atoms with Gasteiger partial charge in [-0.2, -0.15) is 0 Å². The third-order valence-corrected chi connectivity index (χ3v) is 3.96. The van der Waals surface area contributed by atoms with Crippen LogP contribution in [0.15, 0.2) is 77.8 Å². The van der Waals surface area contributed by atoms with E-state index in [2.05, 4.69) is 28.8 Å². The van der Waals surface area contributed by atoms with E-state index < -0.39 is 0 Å². The Morgan fingerprint density at radius 3 is 2.33 bits per heavy atom. The molecule has 0 radical (unpaired) electrons. The van der Waals surface area contributed by atoms with E-state index in [1.54, 1.807) is 7.11 Å². The van der Waals surface area contributed by atoms with Gasteiger partial charge in [0.25, 0.3) is 0 Å². The minimum Gasteiger partial charge on any atom is -0.497 e. The van der Waals surface area contributed by atoms with E-state index in [-0.39, 0.29) is 0 Å². The van der Waals surface area contributed by atoms with Crippen molar-refractivity contribution in [3.63, 3.8) is 0 Å². The summed E-state index contributed by atoms with van der Waals surface area (Å²) in [6.45, 7) is 0. The van der Waals surface area contributed by atoms with Crippen LogP contribution < -0.4 is 15.4 Å². The second-order valence-corrected chi connectivity index (χ2v) is 5.50. The van der Waals surface area contributed by atoms with Gasteiger partial charge in [0.05, 0.1) is 12.8 Å². The van der Waals surface area contributed by atoms with Gasteiger partial charge in [-0.05, 0) is 36.4 Å². The summed E-state index contributed by atoms with van der Waals surface area (Å²) in [4.78, 5) is 4.75. The van der Waals surface area contributed by atoms with Crippen LogP contribution >= 0.6 is 0 Å².